The molecule has 24 heavy (non-hydrogen) atoms. The summed E-state index contributed by atoms with van der Waals surface area (Å²) in [6, 6.07) is 14.8. The first-order valence-corrected chi connectivity index (χ1v) is 8.90. The number of amides is 1. The minimum absolute atomic E-state index is 0.195. The molecule has 126 valence electrons. The Morgan fingerprint density at radius 2 is 1.75 bits per heavy atom. The molecule has 0 aliphatic heterocycles. The van der Waals surface area contributed by atoms with Gasteiger partial charge in [0.2, 0.25) is 0 Å². The van der Waals surface area contributed by atoms with Crippen LogP contribution in [0.3, 0.4) is 0 Å². The lowest BCUT2D eigenvalue weighted by molar-refractivity contribution is -0.144. The van der Waals surface area contributed by atoms with Crippen molar-refractivity contribution in [3.63, 3.8) is 0 Å². The molecule has 0 saturated carbocycles. The highest BCUT2D eigenvalue weighted by Gasteiger charge is 2.08. The Bertz CT molecular complexity index is 686. The number of halogens is 1. The molecule has 1 amide bonds. The number of hydrogen-bond acceptors (Lipinski definition) is 4. The highest BCUT2D eigenvalue weighted by molar-refractivity contribution is 7.99. The molecule has 0 aromatic heterocycles. The van der Waals surface area contributed by atoms with Gasteiger partial charge in [-0.1, -0.05) is 41.4 Å². The zero-order valence-corrected chi connectivity index (χ0v) is 14.8. The van der Waals surface area contributed by atoms with Crippen molar-refractivity contribution in [2.75, 3.05) is 17.7 Å². The lowest BCUT2D eigenvalue weighted by Crippen LogP contribution is -2.21. The molecule has 6 heteroatoms. The summed E-state index contributed by atoms with van der Waals surface area (Å²) in [5.41, 5.74) is 2.87. The van der Waals surface area contributed by atoms with Crippen molar-refractivity contribution >= 4 is 40.9 Å². The second-order valence-electron chi connectivity index (χ2n) is 5.19. The van der Waals surface area contributed by atoms with E-state index in [0.717, 1.165) is 11.1 Å². The van der Waals surface area contributed by atoms with Gasteiger partial charge in [0.15, 0.2) is 6.61 Å². The fourth-order valence-electron chi connectivity index (χ4n) is 1.85. The molecule has 0 fully saturated rings. The predicted molar refractivity (Wildman–Crippen MR) is 98.4 cm³/mol. The van der Waals surface area contributed by atoms with Gasteiger partial charge in [0, 0.05) is 16.5 Å². The number of ether oxygens (including phenoxy) is 1. The van der Waals surface area contributed by atoms with Crippen molar-refractivity contribution in [1.29, 1.82) is 0 Å². The number of carbonyl (C=O) groups excluding carboxylic acids is 2. The van der Waals surface area contributed by atoms with Crippen LogP contribution in [0.15, 0.2) is 48.5 Å². The van der Waals surface area contributed by atoms with E-state index in [-0.39, 0.29) is 18.3 Å². The molecule has 2 aromatic carbocycles. The van der Waals surface area contributed by atoms with Gasteiger partial charge in [0.25, 0.3) is 5.91 Å². The van der Waals surface area contributed by atoms with E-state index in [4.69, 9.17) is 16.3 Å². The number of benzene rings is 2. The molecule has 0 unspecified atom stereocenters. The van der Waals surface area contributed by atoms with Gasteiger partial charge in [-0.25, -0.2) is 0 Å². The molecule has 2 rings (SSSR count). The SMILES string of the molecule is Cc1ccc(NC(=O)COC(=O)CSCc2ccc(Cl)cc2)cc1. The fraction of sp³-hybridized carbons (Fsp3) is 0.222. The molecule has 0 aliphatic carbocycles. The van der Waals surface area contributed by atoms with E-state index in [1.54, 1.807) is 12.1 Å². The maximum atomic E-state index is 11.7. The van der Waals surface area contributed by atoms with E-state index < -0.39 is 5.97 Å². The standard InChI is InChI=1S/C18H18ClNO3S/c1-13-2-8-16(9-3-13)20-17(21)10-23-18(22)12-24-11-14-4-6-15(19)7-5-14/h2-9H,10-12H2,1H3,(H,20,21). The minimum atomic E-state index is -0.409. The van der Waals surface area contributed by atoms with Crippen LogP contribution in [0, 0.1) is 6.92 Å². The first kappa shape index (κ1) is 18.4. The van der Waals surface area contributed by atoms with Crippen molar-refractivity contribution in [3.8, 4) is 0 Å². The Balaban J connectivity index is 1.64. The maximum absolute atomic E-state index is 11.7. The van der Waals surface area contributed by atoms with Crippen LogP contribution in [0.1, 0.15) is 11.1 Å². The first-order chi connectivity index (χ1) is 11.5. The number of nitrogens with one attached hydrogen (secondary N) is 1. The van der Waals surface area contributed by atoms with Gasteiger partial charge in [0.05, 0.1) is 5.75 Å². The molecule has 0 aliphatic rings. The second kappa shape index (κ2) is 9.35. The topological polar surface area (TPSA) is 55.4 Å². The summed E-state index contributed by atoms with van der Waals surface area (Å²) in [5.74, 6) is 0.116. The van der Waals surface area contributed by atoms with Gasteiger partial charge in [-0.2, -0.15) is 0 Å². The zero-order chi connectivity index (χ0) is 17.4. The Morgan fingerprint density at radius 3 is 2.42 bits per heavy atom. The average molecular weight is 364 g/mol. The first-order valence-electron chi connectivity index (χ1n) is 7.37. The van der Waals surface area contributed by atoms with E-state index in [9.17, 15) is 9.59 Å². The largest absolute Gasteiger partial charge is 0.455 e. The normalized spacial score (nSPS) is 10.2. The molecule has 0 spiro atoms. The van der Waals surface area contributed by atoms with Crippen molar-refractivity contribution in [1.82, 2.24) is 0 Å². The van der Waals surface area contributed by atoms with E-state index in [2.05, 4.69) is 5.32 Å². The Labute approximate surface area is 150 Å². The average Bonchev–Trinajstić information content (AvgIpc) is 2.57. The maximum Gasteiger partial charge on any atom is 0.316 e. The van der Waals surface area contributed by atoms with Crippen LogP contribution in [0.2, 0.25) is 5.02 Å². The number of thioether (sulfide) groups is 1. The van der Waals surface area contributed by atoms with Gasteiger partial charge in [0.1, 0.15) is 0 Å². The number of anilines is 1. The summed E-state index contributed by atoms with van der Waals surface area (Å²) < 4.78 is 4.96. The zero-order valence-electron chi connectivity index (χ0n) is 13.3. The summed E-state index contributed by atoms with van der Waals surface area (Å²) in [6.45, 7) is 1.68. The number of carbonyl (C=O) groups is 2. The Kier molecular flexibility index (Phi) is 7.15. The van der Waals surface area contributed by atoms with Gasteiger partial charge in [-0.15, -0.1) is 11.8 Å². The summed E-state index contributed by atoms with van der Waals surface area (Å²) >= 11 is 7.24. The third kappa shape index (κ3) is 6.64. The van der Waals surface area contributed by atoms with Crippen LogP contribution in [0.4, 0.5) is 5.69 Å². The molecule has 4 nitrogen and oxygen atoms in total. The van der Waals surface area contributed by atoms with Crippen LogP contribution in [0.25, 0.3) is 0 Å². The Morgan fingerprint density at radius 1 is 1.08 bits per heavy atom. The minimum Gasteiger partial charge on any atom is -0.455 e. The van der Waals surface area contributed by atoms with Crippen molar-refractivity contribution in [2.24, 2.45) is 0 Å². The van der Waals surface area contributed by atoms with Gasteiger partial charge in [-0.05, 0) is 36.8 Å². The predicted octanol–water partition coefficient (Wildman–Crippen LogP) is 4.06. The second-order valence-corrected chi connectivity index (χ2v) is 6.62. The monoisotopic (exact) mass is 363 g/mol. The number of esters is 1. The van der Waals surface area contributed by atoms with Gasteiger partial charge in [-0.3, -0.25) is 9.59 Å². The van der Waals surface area contributed by atoms with Crippen molar-refractivity contribution in [3.05, 3.63) is 64.7 Å². The smallest absolute Gasteiger partial charge is 0.316 e. The molecule has 2 aromatic rings. The molecule has 0 bridgehead atoms. The van der Waals surface area contributed by atoms with Crippen molar-refractivity contribution < 1.29 is 14.3 Å². The summed E-state index contributed by atoms with van der Waals surface area (Å²) in [7, 11) is 0. The summed E-state index contributed by atoms with van der Waals surface area (Å²) in [4.78, 5) is 23.4. The van der Waals surface area contributed by atoms with Crippen LogP contribution >= 0.6 is 23.4 Å². The summed E-state index contributed by atoms with van der Waals surface area (Å²) in [6.07, 6.45) is 0. The quantitative estimate of drug-likeness (QED) is 0.753. The molecule has 1 N–H and O–H groups in total. The van der Waals surface area contributed by atoms with E-state index in [1.165, 1.54) is 11.8 Å². The Hall–Kier alpha value is -1.98. The number of hydrogen-bond donors (Lipinski definition) is 1. The third-order valence-electron chi connectivity index (χ3n) is 3.10. The number of rotatable bonds is 7. The molecule has 0 atom stereocenters. The van der Waals surface area contributed by atoms with Gasteiger partial charge < -0.3 is 10.1 Å². The fourth-order valence-corrected chi connectivity index (χ4v) is 2.76. The number of aryl methyl sites for hydroxylation is 1. The molecular weight excluding hydrogens is 346 g/mol. The van der Waals surface area contributed by atoms with Crippen molar-refractivity contribution in [2.45, 2.75) is 12.7 Å². The highest BCUT2D eigenvalue weighted by Crippen LogP contribution is 2.15. The molecule has 0 radical (unpaired) electrons. The van der Waals surface area contributed by atoms with E-state index >= 15 is 0 Å². The molecule has 0 heterocycles. The van der Waals surface area contributed by atoms with E-state index in [0.29, 0.717) is 16.5 Å². The van der Waals surface area contributed by atoms with Crippen LogP contribution in [-0.2, 0) is 20.1 Å². The van der Waals surface area contributed by atoms with Gasteiger partial charge >= 0.3 is 5.97 Å². The van der Waals surface area contributed by atoms with Crippen LogP contribution in [-0.4, -0.2) is 24.2 Å². The van der Waals surface area contributed by atoms with Crippen LogP contribution in [0.5, 0.6) is 0 Å². The van der Waals surface area contributed by atoms with E-state index in [1.807, 2.05) is 43.3 Å². The lowest BCUT2D eigenvalue weighted by atomic mass is 10.2. The molecular formula is C18H18ClNO3S. The van der Waals surface area contributed by atoms with Crippen LogP contribution < -0.4 is 5.32 Å². The lowest BCUT2D eigenvalue weighted by Gasteiger charge is -2.07. The summed E-state index contributed by atoms with van der Waals surface area (Å²) in [5, 5.41) is 3.36. The molecule has 0 saturated heterocycles. The highest BCUT2D eigenvalue weighted by atomic mass is 35.5. The third-order valence-corrected chi connectivity index (χ3v) is 4.33.